The van der Waals surface area contributed by atoms with Crippen molar-refractivity contribution in [2.45, 2.75) is 0 Å². The number of benzene rings is 2. The Kier molecular flexibility index (Phi) is 3.67. The number of nitrogens with zero attached hydrogens (tertiary/aromatic N) is 1. The molecule has 0 fully saturated rings. The molecule has 0 aromatic heterocycles. The first-order valence-corrected chi connectivity index (χ1v) is 5.94. The molecule has 0 saturated heterocycles. The number of nitrogens with two attached hydrogens (primary N) is 1. The van der Waals surface area contributed by atoms with Gasteiger partial charge in [-0.3, -0.25) is 0 Å². The first-order chi connectivity index (χ1) is 9.04. The minimum Gasteiger partial charge on any atom is -0.449 e. The van der Waals surface area contributed by atoms with Gasteiger partial charge < -0.3 is 10.5 Å². The van der Waals surface area contributed by atoms with Gasteiger partial charge in [0.1, 0.15) is 6.07 Å². The third kappa shape index (κ3) is 2.51. The van der Waals surface area contributed by atoms with Crippen LogP contribution in [0.4, 0.5) is 14.5 Å². The Morgan fingerprint density at radius 2 is 1.95 bits per heavy atom. The molecule has 0 amide bonds. The Labute approximate surface area is 116 Å². The smallest absolute Gasteiger partial charge is 0.186 e. The van der Waals surface area contributed by atoms with E-state index in [0.717, 1.165) is 6.07 Å². The van der Waals surface area contributed by atoms with Gasteiger partial charge in [0, 0.05) is 0 Å². The standard InChI is InChI=1S/C13H7BrF2N2O/c14-11-7(6-17)4-5-10(12(11)16)19-13-8(15)2-1-3-9(13)18/h1-5H,18H2. The van der Waals surface area contributed by atoms with Gasteiger partial charge in [-0.2, -0.15) is 5.26 Å². The Balaban J connectivity index is 2.46. The molecule has 6 heteroatoms. The molecule has 0 aliphatic carbocycles. The van der Waals surface area contributed by atoms with Crippen LogP contribution in [-0.2, 0) is 0 Å². The zero-order valence-electron chi connectivity index (χ0n) is 9.45. The van der Waals surface area contributed by atoms with Gasteiger partial charge in [0.15, 0.2) is 23.1 Å². The molecule has 3 nitrogen and oxygen atoms in total. The third-order valence-electron chi connectivity index (χ3n) is 2.38. The van der Waals surface area contributed by atoms with Crippen LogP contribution < -0.4 is 10.5 Å². The minimum absolute atomic E-state index is 0.0394. The van der Waals surface area contributed by atoms with Gasteiger partial charge in [0.2, 0.25) is 0 Å². The van der Waals surface area contributed by atoms with E-state index >= 15 is 0 Å². The molecule has 0 unspecified atom stereocenters. The van der Waals surface area contributed by atoms with Gasteiger partial charge in [0.05, 0.1) is 15.7 Å². The maximum atomic E-state index is 13.9. The van der Waals surface area contributed by atoms with Crippen LogP contribution in [0, 0.1) is 23.0 Å². The highest BCUT2D eigenvalue weighted by molar-refractivity contribution is 9.10. The molecule has 96 valence electrons. The predicted octanol–water partition coefficient (Wildman–Crippen LogP) is 3.97. The molecule has 2 N–H and O–H groups in total. The summed E-state index contributed by atoms with van der Waals surface area (Å²) >= 11 is 2.94. The molecular formula is C13H7BrF2N2O. The van der Waals surface area contributed by atoms with E-state index in [1.165, 1.54) is 24.3 Å². The zero-order valence-corrected chi connectivity index (χ0v) is 11.0. The normalized spacial score (nSPS) is 10.0. The van der Waals surface area contributed by atoms with Crippen molar-refractivity contribution in [2.75, 3.05) is 5.73 Å². The van der Waals surface area contributed by atoms with E-state index in [1.807, 2.05) is 6.07 Å². The molecule has 2 aromatic rings. The Hall–Kier alpha value is -2.13. The van der Waals surface area contributed by atoms with Crippen LogP contribution in [0.5, 0.6) is 11.5 Å². The lowest BCUT2D eigenvalue weighted by Crippen LogP contribution is -1.97. The summed E-state index contributed by atoms with van der Waals surface area (Å²) in [4.78, 5) is 0. The Morgan fingerprint density at radius 3 is 2.58 bits per heavy atom. The van der Waals surface area contributed by atoms with Crippen LogP contribution in [0.15, 0.2) is 34.8 Å². The van der Waals surface area contributed by atoms with Gasteiger partial charge in [0.25, 0.3) is 0 Å². The molecule has 2 rings (SSSR count). The van der Waals surface area contributed by atoms with Crippen LogP contribution >= 0.6 is 15.9 Å². The molecule has 0 atom stereocenters. The first kappa shape index (κ1) is 13.3. The highest BCUT2D eigenvalue weighted by atomic mass is 79.9. The van der Waals surface area contributed by atoms with Crippen molar-refractivity contribution in [3.8, 4) is 17.6 Å². The lowest BCUT2D eigenvalue weighted by molar-refractivity contribution is 0.415. The molecule has 0 saturated carbocycles. The van der Waals surface area contributed by atoms with E-state index in [1.54, 1.807) is 0 Å². The molecule has 0 heterocycles. The average Bonchev–Trinajstić information content (AvgIpc) is 2.39. The summed E-state index contributed by atoms with van der Waals surface area (Å²) in [7, 11) is 0. The van der Waals surface area contributed by atoms with Gasteiger partial charge in [-0.05, 0) is 40.2 Å². The largest absolute Gasteiger partial charge is 0.449 e. The number of ether oxygens (including phenoxy) is 1. The predicted molar refractivity (Wildman–Crippen MR) is 69.7 cm³/mol. The third-order valence-corrected chi connectivity index (χ3v) is 3.15. The summed E-state index contributed by atoms with van der Waals surface area (Å²) in [5.41, 5.74) is 5.73. The Bertz CT molecular complexity index is 663. The van der Waals surface area contributed by atoms with E-state index in [2.05, 4.69) is 15.9 Å². The number of nitriles is 1. The maximum Gasteiger partial charge on any atom is 0.186 e. The second kappa shape index (κ2) is 5.24. The summed E-state index contributed by atoms with van der Waals surface area (Å²) in [5, 5.41) is 8.74. The monoisotopic (exact) mass is 324 g/mol. The molecule has 0 spiro atoms. The molecule has 0 bridgehead atoms. The highest BCUT2D eigenvalue weighted by Crippen LogP contribution is 2.35. The van der Waals surface area contributed by atoms with Crippen LogP contribution in [-0.4, -0.2) is 0 Å². The average molecular weight is 325 g/mol. The van der Waals surface area contributed by atoms with Crippen molar-refractivity contribution in [3.05, 3.63) is 52.0 Å². The fourth-order valence-corrected chi connectivity index (χ4v) is 1.86. The fraction of sp³-hybridized carbons (Fsp3) is 0. The number of nitrogen functional groups attached to an aromatic ring is 1. The fourth-order valence-electron chi connectivity index (χ4n) is 1.44. The summed E-state index contributed by atoms with van der Waals surface area (Å²) < 4.78 is 32.5. The maximum absolute atomic E-state index is 13.9. The zero-order chi connectivity index (χ0) is 14.0. The van der Waals surface area contributed by atoms with Crippen molar-refractivity contribution in [1.82, 2.24) is 0 Å². The number of para-hydroxylation sites is 1. The van der Waals surface area contributed by atoms with E-state index in [4.69, 9.17) is 15.7 Å². The topological polar surface area (TPSA) is 59.0 Å². The van der Waals surface area contributed by atoms with Crippen molar-refractivity contribution < 1.29 is 13.5 Å². The van der Waals surface area contributed by atoms with E-state index < -0.39 is 11.6 Å². The number of rotatable bonds is 2. The lowest BCUT2D eigenvalue weighted by atomic mass is 10.2. The van der Waals surface area contributed by atoms with Gasteiger partial charge in [-0.15, -0.1) is 0 Å². The summed E-state index contributed by atoms with van der Waals surface area (Å²) in [6, 6.07) is 8.42. The number of anilines is 1. The molecule has 0 aliphatic rings. The molecule has 0 aliphatic heterocycles. The van der Waals surface area contributed by atoms with Crippen LogP contribution in [0.2, 0.25) is 0 Å². The second-order valence-electron chi connectivity index (χ2n) is 3.61. The first-order valence-electron chi connectivity index (χ1n) is 5.14. The van der Waals surface area contributed by atoms with Crippen molar-refractivity contribution in [1.29, 1.82) is 5.26 Å². The van der Waals surface area contributed by atoms with E-state index in [0.29, 0.717) is 0 Å². The van der Waals surface area contributed by atoms with Crippen LogP contribution in [0.25, 0.3) is 0 Å². The second-order valence-corrected chi connectivity index (χ2v) is 4.40. The summed E-state index contributed by atoms with van der Waals surface area (Å²) in [6.45, 7) is 0. The molecule has 2 aromatic carbocycles. The quantitative estimate of drug-likeness (QED) is 0.850. The Morgan fingerprint density at radius 1 is 1.21 bits per heavy atom. The number of hydrogen-bond acceptors (Lipinski definition) is 3. The van der Waals surface area contributed by atoms with E-state index in [-0.39, 0.29) is 27.2 Å². The van der Waals surface area contributed by atoms with Gasteiger partial charge >= 0.3 is 0 Å². The molecule has 0 radical (unpaired) electrons. The summed E-state index contributed by atoms with van der Waals surface area (Å²) in [6.07, 6.45) is 0. The minimum atomic E-state index is -0.790. The van der Waals surface area contributed by atoms with Crippen LogP contribution in [0.3, 0.4) is 0 Å². The van der Waals surface area contributed by atoms with Crippen molar-refractivity contribution in [2.24, 2.45) is 0 Å². The summed E-state index contributed by atoms with van der Waals surface area (Å²) in [5.74, 6) is -1.96. The number of hydrogen-bond donors (Lipinski definition) is 1. The van der Waals surface area contributed by atoms with E-state index in [9.17, 15) is 8.78 Å². The van der Waals surface area contributed by atoms with Crippen molar-refractivity contribution in [3.63, 3.8) is 0 Å². The lowest BCUT2D eigenvalue weighted by Gasteiger charge is -2.11. The highest BCUT2D eigenvalue weighted by Gasteiger charge is 2.15. The SMILES string of the molecule is N#Cc1ccc(Oc2c(N)cccc2F)c(F)c1Br. The van der Waals surface area contributed by atoms with Gasteiger partial charge in [-0.25, -0.2) is 8.78 Å². The van der Waals surface area contributed by atoms with Gasteiger partial charge in [-0.1, -0.05) is 6.07 Å². The van der Waals surface area contributed by atoms with Crippen molar-refractivity contribution >= 4 is 21.6 Å². The van der Waals surface area contributed by atoms with Crippen LogP contribution in [0.1, 0.15) is 5.56 Å². The number of halogens is 3. The molecule has 19 heavy (non-hydrogen) atoms. The molecular weight excluding hydrogens is 318 g/mol.